The first-order valence-corrected chi connectivity index (χ1v) is 4.25. The topological polar surface area (TPSA) is 44.3 Å². The molecule has 0 aliphatic rings. The van der Waals surface area contributed by atoms with Gasteiger partial charge in [-0.2, -0.15) is 0 Å². The molecule has 0 unspecified atom stereocenters. The summed E-state index contributed by atoms with van der Waals surface area (Å²) in [6.45, 7) is 8.58. The quantitative estimate of drug-likeness (QED) is 0.478. The zero-order valence-corrected chi connectivity index (χ0v) is 7.72. The highest BCUT2D eigenvalue weighted by molar-refractivity contribution is 4.57. The minimum atomic E-state index is -0.242. The van der Waals surface area contributed by atoms with Crippen LogP contribution in [0.5, 0.6) is 0 Å². The van der Waals surface area contributed by atoms with Crippen molar-refractivity contribution in [3.8, 4) is 0 Å². The highest BCUT2D eigenvalue weighted by Crippen LogP contribution is 1.75. The third-order valence-electron chi connectivity index (χ3n) is 1.29. The van der Waals surface area contributed by atoms with Gasteiger partial charge in [0.05, 0.1) is 6.10 Å². The molecule has 0 aliphatic carbocycles. The average Bonchev–Trinajstić information content (AvgIpc) is 1.85. The van der Waals surface area contributed by atoms with Crippen molar-refractivity contribution in [2.75, 3.05) is 19.6 Å². The minimum absolute atomic E-state index is 0.242. The van der Waals surface area contributed by atoms with Crippen molar-refractivity contribution < 1.29 is 5.11 Å². The predicted octanol–water partition coefficient (Wildman–Crippen LogP) is -0.0452. The van der Waals surface area contributed by atoms with Crippen molar-refractivity contribution in [1.82, 2.24) is 10.6 Å². The normalized spacial score (nSPS) is 13.9. The van der Waals surface area contributed by atoms with Crippen molar-refractivity contribution in [1.29, 1.82) is 0 Å². The van der Waals surface area contributed by atoms with Crippen molar-refractivity contribution in [3.63, 3.8) is 0 Å². The number of aliphatic hydroxyl groups excluding tert-OH is 1. The summed E-state index contributed by atoms with van der Waals surface area (Å²) in [6.07, 6.45) is -0.242. The molecule has 0 saturated carbocycles. The molecule has 0 radical (unpaired) electrons. The van der Waals surface area contributed by atoms with Crippen LogP contribution in [-0.2, 0) is 0 Å². The van der Waals surface area contributed by atoms with Crippen LogP contribution in [0.4, 0.5) is 0 Å². The van der Waals surface area contributed by atoms with Gasteiger partial charge in [0.25, 0.3) is 0 Å². The van der Waals surface area contributed by atoms with Crippen molar-refractivity contribution in [2.24, 2.45) is 0 Å². The molecule has 0 aliphatic heterocycles. The van der Waals surface area contributed by atoms with Crippen LogP contribution in [0.15, 0.2) is 0 Å². The van der Waals surface area contributed by atoms with Gasteiger partial charge in [0, 0.05) is 25.7 Å². The van der Waals surface area contributed by atoms with Gasteiger partial charge < -0.3 is 15.7 Å². The first-order valence-electron chi connectivity index (χ1n) is 4.25. The first-order chi connectivity index (χ1) is 5.13. The van der Waals surface area contributed by atoms with Gasteiger partial charge in [0.2, 0.25) is 0 Å². The standard InChI is InChI=1S/C8H20N2O/c1-7(2)10-5-4-9-6-8(3)11/h7-11H,4-6H2,1-3H3/t8-/m1/s1. The van der Waals surface area contributed by atoms with E-state index in [9.17, 15) is 0 Å². The third-order valence-corrected chi connectivity index (χ3v) is 1.29. The fourth-order valence-electron chi connectivity index (χ4n) is 0.760. The van der Waals surface area contributed by atoms with Crippen LogP contribution in [0.25, 0.3) is 0 Å². The number of aliphatic hydroxyl groups is 1. The molecular formula is C8H20N2O. The van der Waals surface area contributed by atoms with E-state index in [2.05, 4.69) is 24.5 Å². The van der Waals surface area contributed by atoms with Gasteiger partial charge in [-0.05, 0) is 6.92 Å². The molecule has 0 aromatic heterocycles. The van der Waals surface area contributed by atoms with E-state index in [1.165, 1.54) is 0 Å². The van der Waals surface area contributed by atoms with Crippen LogP contribution >= 0.6 is 0 Å². The van der Waals surface area contributed by atoms with Crippen LogP contribution in [0.3, 0.4) is 0 Å². The smallest absolute Gasteiger partial charge is 0.0636 e. The molecule has 0 aromatic rings. The molecule has 0 heterocycles. The van der Waals surface area contributed by atoms with E-state index in [1.807, 2.05) is 0 Å². The average molecular weight is 160 g/mol. The molecule has 3 heteroatoms. The van der Waals surface area contributed by atoms with Crippen LogP contribution in [0.1, 0.15) is 20.8 Å². The summed E-state index contributed by atoms with van der Waals surface area (Å²) in [7, 11) is 0. The third kappa shape index (κ3) is 9.88. The fraction of sp³-hybridized carbons (Fsp3) is 1.00. The maximum atomic E-state index is 8.88. The van der Waals surface area contributed by atoms with Gasteiger partial charge in [-0.15, -0.1) is 0 Å². The van der Waals surface area contributed by atoms with Crippen molar-refractivity contribution in [3.05, 3.63) is 0 Å². The van der Waals surface area contributed by atoms with Gasteiger partial charge in [0.1, 0.15) is 0 Å². The van der Waals surface area contributed by atoms with E-state index in [4.69, 9.17) is 5.11 Å². The van der Waals surface area contributed by atoms with Gasteiger partial charge >= 0.3 is 0 Å². The van der Waals surface area contributed by atoms with E-state index in [0.29, 0.717) is 12.6 Å². The van der Waals surface area contributed by atoms with Crippen LogP contribution in [0.2, 0.25) is 0 Å². The Morgan fingerprint density at radius 1 is 1.18 bits per heavy atom. The van der Waals surface area contributed by atoms with Crippen LogP contribution in [0, 0.1) is 0 Å². The summed E-state index contributed by atoms with van der Waals surface area (Å²) >= 11 is 0. The van der Waals surface area contributed by atoms with E-state index in [1.54, 1.807) is 6.92 Å². The SMILES string of the molecule is CC(C)NCCNC[C@@H](C)O. The van der Waals surface area contributed by atoms with E-state index in [0.717, 1.165) is 13.1 Å². The molecule has 0 saturated heterocycles. The minimum Gasteiger partial charge on any atom is -0.392 e. The fourth-order valence-corrected chi connectivity index (χ4v) is 0.760. The van der Waals surface area contributed by atoms with Gasteiger partial charge in [-0.3, -0.25) is 0 Å². The van der Waals surface area contributed by atoms with E-state index < -0.39 is 0 Å². The molecule has 68 valence electrons. The molecule has 0 rings (SSSR count). The molecule has 0 amide bonds. The Morgan fingerprint density at radius 2 is 1.82 bits per heavy atom. The van der Waals surface area contributed by atoms with E-state index in [-0.39, 0.29) is 6.10 Å². The molecule has 3 N–H and O–H groups in total. The van der Waals surface area contributed by atoms with Gasteiger partial charge in [-0.25, -0.2) is 0 Å². The Morgan fingerprint density at radius 3 is 2.27 bits per heavy atom. The van der Waals surface area contributed by atoms with Crippen LogP contribution < -0.4 is 10.6 Å². The molecule has 3 nitrogen and oxygen atoms in total. The number of hydrogen-bond acceptors (Lipinski definition) is 3. The Bertz CT molecular complexity index is 74.2. The van der Waals surface area contributed by atoms with Crippen molar-refractivity contribution >= 4 is 0 Å². The number of nitrogens with one attached hydrogen (secondary N) is 2. The summed E-state index contributed by atoms with van der Waals surface area (Å²) in [5, 5.41) is 15.3. The lowest BCUT2D eigenvalue weighted by Crippen LogP contribution is -2.34. The van der Waals surface area contributed by atoms with Gasteiger partial charge in [-0.1, -0.05) is 13.8 Å². The summed E-state index contributed by atoms with van der Waals surface area (Å²) in [5.74, 6) is 0. The molecule has 0 spiro atoms. The lowest BCUT2D eigenvalue weighted by atomic mass is 10.4. The Balaban J connectivity index is 2.91. The molecule has 0 aromatic carbocycles. The summed E-state index contributed by atoms with van der Waals surface area (Å²) in [4.78, 5) is 0. The second-order valence-electron chi connectivity index (χ2n) is 3.16. The van der Waals surface area contributed by atoms with Crippen molar-refractivity contribution in [2.45, 2.75) is 32.9 Å². The Kier molecular flexibility index (Phi) is 6.51. The lowest BCUT2D eigenvalue weighted by molar-refractivity contribution is 0.191. The molecule has 11 heavy (non-hydrogen) atoms. The number of hydrogen-bond donors (Lipinski definition) is 3. The number of rotatable bonds is 6. The zero-order valence-electron chi connectivity index (χ0n) is 7.72. The highest BCUT2D eigenvalue weighted by atomic mass is 16.3. The second kappa shape index (κ2) is 6.58. The molecule has 0 fully saturated rings. The Labute approximate surface area is 69.2 Å². The zero-order chi connectivity index (χ0) is 8.69. The largest absolute Gasteiger partial charge is 0.392 e. The molecule has 0 bridgehead atoms. The van der Waals surface area contributed by atoms with Gasteiger partial charge in [0.15, 0.2) is 0 Å². The second-order valence-corrected chi connectivity index (χ2v) is 3.16. The lowest BCUT2D eigenvalue weighted by Gasteiger charge is -2.09. The van der Waals surface area contributed by atoms with E-state index >= 15 is 0 Å². The predicted molar refractivity (Wildman–Crippen MR) is 47.7 cm³/mol. The molecule has 1 atom stereocenters. The summed E-state index contributed by atoms with van der Waals surface area (Å²) in [5.41, 5.74) is 0. The maximum Gasteiger partial charge on any atom is 0.0636 e. The van der Waals surface area contributed by atoms with Crippen LogP contribution in [-0.4, -0.2) is 36.9 Å². The first kappa shape index (κ1) is 10.9. The maximum absolute atomic E-state index is 8.88. The Hall–Kier alpha value is -0.120. The summed E-state index contributed by atoms with van der Waals surface area (Å²) < 4.78 is 0. The highest BCUT2D eigenvalue weighted by Gasteiger charge is 1.94. The summed E-state index contributed by atoms with van der Waals surface area (Å²) in [6, 6.07) is 0.545. The molecular weight excluding hydrogens is 140 g/mol. The monoisotopic (exact) mass is 160 g/mol.